The molecule has 5 heteroatoms. The van der Waals surface area contributed by atoms with E-state index in [4.69, 9.17) is 0 Å². The monoisotopic (exact) mass is 369 g/mol. The first kappa shape index (κ1) is 18.5. The zero-order valence-electron chi connectivity index (χ0n) is 16.5. The molecule has 0 spiro atoms. The van der Waals surface area contributed by atoms with Gasteiger partial charge in [-0.3, -0.25) is 14.5 Å². The van der Waals surface area contributed by atoms with Gasteiger partial charge in [0.1, 0.15) is 0 Å². The third-order valence-electron chi connectivity index (χ3n) is 6.99. The van der Waals surface area contributed by atoms with E-state index in [0.29, 0.717) is 18.4 Å². The molecule has 1 aliphatic heterocycles. The van der Waals surface area contributed by atoms with Crippen molar-refractivity contribution < 1.29 is 9.59 Å². The standard InChI is InChI=1S/C22H31N3O2/c1-15-4-3-5-20(16(15)2)23-21(26)14-24-8-10-25(11-9-24)22(27)19-13-17-6-7-18(19)12-17/h3-5,17-19H,6-14H2,1-2H3,(H,23,26). The van der Waals surface area contributed by atoms with E-state index in [2.05, 4.69) is 23.2 Å². The molecule has 2 aliphatic carbocycles. The summed E-state index contributed by atoms with van der Waals surface area (Å²) >= 11 is 0. The zero-order chi connectivity index (χ0) is 19.0. The summed E-state index contributed by atoms with van der Waals surface area (Å²) in [6.45, 7) is 7.55. The van der Waals surface area contributed by atoms with Crippen LogP contribution in [0.4, 0.5) is 5.69 Å². The molecular weight excluding hydrogens is 338 g/mol. The molecular formula is C22H31N3O2. The van der Waals surface area contributed by atoms with Crippen LogP contribution in [0, 0.1) is 31.6 Å². The van der Waals surface area contributed by atoms with Crippen molar-refractivity contribution in [2.45, 2.75) is 39.5 Å². The van der Waals surface area contributed by atoms with Crippen LogP contribution in [0.25, 0.3) is 0 Å². The lowest BCUT2D eigenvalue weighted by Gasteiger charge is -2.37. The first-order valence-corrected chi connectivity index (χ1v) is 10.4. The number of anilines is 1. The predicted octanol–water partition coefficient (Wildman–Crippen LogP) is 2.82. The van der Waals surface area contributed by atoms with E-state index >= 15 is 0 Å². The largest absolute Gasteiger partial charge is 0.340 e. The Bertz CT molecular complexity index is 724. The van der Waals surface area contributed by atoms with Gasteiger partial charge in [0.25, 0.3) is 0 Å². The SMILES string of the molecule is Cc1cccc(NC(=O)CN2CCN(C(=O)C3CC4CCC3C4)CC2)c1C. The molecule has 27 heavy (non-hydrogen) atoms. The molecule has 3 atom stereocenters. The highest BCUT2D eigenvalue weighted by Crippen LogP contribution is 2.48. The highest BCUT2D eigenvalue weighted by molar-refractivity contribution is 5.93. The van der Waals surface area contributed by atoms with E-state index in [1.807, 2.05) is 24.0 Å². The molecule has 2 amide bonds. The number of amides is 2. The van der Waals surface area contributed by atoms with Gasteiger partial charge in [-0.2, -0.15) is 0 Å². The fraction of sp³-hybridized carbons (Fsp3) is 0.636. The van der Waals surface area contributed by atoms with Crippen molar-refractivity contribution >= 4 is 17.5 Å². The highest BCUT2D eigenvalue weighted by Gasteiger charge is 2.44. The maximum Gasteiger partial charge on any atom is 0.238 e. The second-order valence-electron chi connectivity index (χ2n) is 8.68. The van der Waals surface area contributed by atoms with Crippen LogP contribution in [0.3, 0.4) is 0 Å². The number of nitrogens with zero attached hydrogens (tertiary/aromatic N) is 2. The Morgan fingerprint density at radius 3 is 2.52 bits per heavy atom. The summed E-state index contributed by atoms with van der Waals surface area (Å²) < 4.78 is 0. The van der Waals surface area contributed by atoms with E-state index in [-0.39, 0.29) is 11.8 Å². The van der Waals surface area contributed by atoms with Gasteiger partial charge in [0.15, 0.2) is 0 Å². The Balaban J connectivity index is 1.25. The Morgan fingerprint density at radius 1 is 1.07 bits per heavy atom. The summed E-state index contributed by atoms with van der Waals surface area (Å²) in [6, 6.07) is 5.97. The Kier molecular flexibility index (Phi) is 5.22. The maximum atomic E-state index is 12.9. The molecule has 1 heterocycles. The van der Waals surface area contributed by atoms with Crippen LogP contribution in [-0.4, -0.2) is 54.3 Å². The Labute approximate surface area is 162 Å². The van der Waals surface area contributed by atoms with Crippen LogP contribution in [-0.2, 0) is 9.59 Å². The van der Waals surface area contributed by atoms with Gasteiger partial charge in [-0.25, -0.2) is 0 Å². The lowest BCUT2D eigenvalue weighted by atomic mass is 9.87. The quantitative estimate of drug-likeness (QED) is 0.888. The van der Waals surface area contributed by atoms with Gasteiger partial charge in [0.05, 0.1) is 6.54 Å². The number of rotatable bonds is 4. The van der Waals surface area contributed by atoms with Gasteiger partial charge in [-0.15, -0.1) is 0 Å². The third-order valence-corrected chi connectivity index (χ3v) is 6.99. The molecule has 3 fully saturated rings. The average Bonchev–Trinajstić information content (AvgIpc) is 3.29. The third kappa shape index (κ3) is 3.88. The predicted molar refractivity (Wildman–Crippen MR) is 107 cm³/mol. The van der Waals surface area contributed by atoms with Crippen LogP contribution < -0.4 is 5.32 Å². The van der Waals surface area contributed by atoms with Crippen molar-refractivity contribution in [1.29, 1.82) is 0 Å². The average molecular weight is 370 g/mol. The number of carbonyl (C=O) groups is 2. The molecule has 3 aliphatic rings. The van der Waals surface area contributed by atoms with Crippen molar-refractivity contribution in [3.8, 4) is 0 Å². The molecule has 2 saturated carbocycles. The number of fused-ring (bicyclic) bond motifs is 2. The molecule has 1 aromatic rings. The summed E-state index contributed by atoms with van der Waals surface area (Å²) in [5, 5.41) is 3.03. The van der Waals surface area contributed by atoms with Crippen molar-refractivity contribution in [3.63, 3.8) is 0 Å². The molecule has 0 radical (unpaired) electrons. The molecule has 3 unspecified atom stereocenters. The fourth-order valence-electron chi connectivity index (χ4n) is 5.19. The van der Waals surface area contributed by atoms with E-state index in [0.717, 1.165) is 49.8 Å². The summed E-state index contributed by atoms with van der Waals surface area (Å²) in [6.07, 6.45) is 4.97. The molecule has 1 N–H and O–H groups in total. The molecule has 1 aromatic carbocycles. The molecule has 2 bridgehead atoms. The van der Waals surface area contributed by atoms with E-state index < -0.39 is 0 Å². The number of aryl methyl sites for hydroxylation is 1. The van der Waals surface area contributed by atoms with Crippen LogP contribution in [0.15, 0.2) is 18.2 Å². The molecule has 4 rings (SSSR count). The second-order valence-corrected chi connectivity index (χ2v) is 8.68. The van der Waals surface area contributed by atoms with Crippen LogP contribution in [0.1, 0.15) is 36.8 Å². The number of piperazine rings is 1. The molecule has 0 aromatic heterocycles. The summed E-state index contributed by atoms with van der Waals surface area (Å²) in [5.41, 5.74) is 3.19. The van der Waals surface area contributed by atoms with Crippen molar-refractivity contribution in [3.05, 3.63) is 29.3 Å². The summed E-state index contributed by atoms with van der Waals surface area (Å²) in [5.74, 6) is 2.13. The number of nitrogens with one attached hydrogen (secondary N) is 1. The van der Waals surface area contributed by atoms with Gasteiger partial charge in [-0.1, -0.05) is 18.6 Å². The maximum absolute atomic E-state index is 12.9. The molecule has 1 saturated heterocycles. The Hall–Kier alpha value is -1.88. The van der Waals surface area contributed by atoms with Gasteiger partial charge in [0, 0.05) is 37.8 Å². The minimum atomic E-state index is 0.0246. The fourth-order valence-corrected chi connectivity index (χ4v) is 5.19. The lowest BCUT2D eigenvalue weighted by Crippen LogP contribution is -2.52. The smallest absolute Gasteiger partial charge is 0.238 e. The number of benzene rings is 1. The first-order chi connectivity index (χ1) is 13.0. The van der Waals surface area contributed by atoms with Gasteiger partial charge in [0.2, 0.25) is 11.8 Å². The zero-order valence-corrected chi connectivity index (χ0v) is 16.5. The minimum absolute atomic E-state index is 0.0246. The van der Waals surface area contributed by atoms with Gasteiger partial charge in [-0.05, 0) is 62.1 Å². The minimum Gasteiger partial charge on any atom is -0.340 e. The van der Waals surface area contributed by atoms with Gasteiger partial charge < -0.3 is 10.2 Å². The Morgan fingerprint density at radius 2 is 1.85 bits per heavy atom. The summed E-state index contributed by atoms with van der Waals surface area (Å²) in [7, 11) is 0. The normalized spacial score (nSPS) is 27.8. The van der Waals surface area contributed by atoms with Gasteiger partial charge >= 0.3 is 0 Å². The van der Waals surface area contributed by atoms with E-state index in [1.54, 1.807) is 0 Å². The van der Waals surface area contributed by atoms with Crippen LogP contribution >= 0.6 is 0 Å². The lowest BCUT2D eigenvalue weighted by molar-refractivity contribution is -0.139. The molecule has 5 nitrogen and oxygen atoms in total. The molecule has 146 valence electrons. The number of hydrogen-bond donors (Lipinski definition) is 1. The van der Waals surface area contributed by atoms with E-state index in [1.165, 1.54) is 24.8 Å². The second kappa shape index (κ2) is 7.63. The van der Waals surface area contributed by atoms with Crippen molar-refractivity contribution in [1.82, 2.24) is 9.80 Å². The van der Waals surface area contributed by atoms with Crippen LogP contribution in [0.2, 0.25) is 0 Å². The summed E-state index contributed by atoms with van der Waals surface area (Å²) in [4.78, 5) is 29.5. The van der Waals surface area contributed by atoms with Crippen molar-refractivity contribution in [2.75, 3.05) is 38.0 Å². The topological polar surface area (TPSA) is 52.7 Å². The van der Waals surface area contributed by atoms with Crippen LogP contribution in [0.5, 0.6) is 0 Å². The van der Waals surface area contributed by atoms with Crippen molar-refractivity contribution in [2.24, 2.45) is 17.8 Å². The number of hydrogen-bond acceptors (Lipinski definition) is 3. The number of carbonyl (C=O) groups excluding carboxylic acids is 2. The van der Waals surface area contributed by atoms with E-state index in [9.17, 15) is 9.59 Å². The highest BCUT2D eigenvalue weighted by atomic mass is 16.2. The first-order valence-electron chi connectivity index (χ1n) is 10.4.